The number of ketones is 1. The third kappa shape index (κ3) is 3.39. The van der Waals surface area contributed by atoms with Crippen LogP contribution >= 0.6 is 0 Å². The minimum atomic E-state index is -0.893. The average Bonchev–Trinajstić information content (AvgIpc) is 2.80. The van der Waals surface area contributed by atoms with Crippen LogP contribution < -0.4 is 4.74 Å². The van der Waals surface area contributed by atoms with Crippen LogP contribution in [0.25, 0.3) is 0 Å². The van der Waals surface area contributed by atoms with Crippen molar-refractivity contribution in [3.63, 3.8) is 0 Å². The van der Waals surface area contributed by atoms with Crippen LogP contribution in [0.15, 0.2) is 18.2 Å². The molecule has 0 aliphatic heterocycles. The number of aryl methyl sites for hydroxylation is 1. The van der Waals surface area contributed by atoms with Gasteiger partial charge in [-0.15, -0.1) is 0 Å². The van der Waals surface area contributed by atoms with Crippen molar-refractivity contribution < 1.29 is 27.8 Å². The van der Waals surface area contributed by atoms with Crippen LogP contribution in [0.3, 0.4) is 0 Å². The molecule has 0 aliphatic rings. The van der Waals surface area contributed by atoms with E-state index in [-0.39, 0.29) is 17.0 Å². The zero-order valence-electron chi connectivity index (χ0n) is 12.8. The topological polar surface area (TPSA) is 68.4 Å². The smallest absolute Gasteiger partial charge is 0.354 e. The second-order valence-corrected chi connectivity index (χ2v) is 4.90. The molecule has 5 nitrogen and oxygen atoms in total. The molecule has 2 rings (SSSR count). The van der Waals surface area contributed by atoms with E-state index in [9.17, 15) is 18.4 Å². The summed E-state index contributed by atoms with van der Waals surface area (Å²) in [5.41, 5.74) is 1.38. The van der Waals surface area contributed by atoms with Gasteiger partial charge in [0.05, 0.1) is 7.11 Å². The molecular formula is C16H15F2NO4. The number of hydrogen-bond donors (Lipinski definition) is 1. The number of aromatic nitrogens is 1. The van der Waals surface area contributed by atoms with Crippen molar-refractivity contribution in [2.75, 3.05) is 13.7 Å². The predicted molar refractivity (Wildman–Crippen MR) is 77.8 cm³/mol. The maximum Gasteiger partial charge on any atom is 0.354 e. The summed E-state index contributed by atoms with van der Waals surface area (Å²) >= 11 is 0. The van der Waals surface area contributed by atoms with Gasteiger partial charge in [-0.25, -0.2) is 13.6 Å². The largest absolute Gasteiger partial charge is 0.482 e. The molecule has 0 bridgehead atoms. The summed E-state index contributed by atoms with van der Waals surface area (Å²) in [6, 6.07) is 2.81. The van der Waals surface area contributed by atoms with E-state index in [4.69, 9.17) is 4.74 Å². The normalized spacial score (nSPS) is 10.5. The monoisotopic (exact) mass is 323 g/mol. The highest BCUT2D eigenvalue weighted by molar-refractivity contribution is 6.03. The molecule has 0 amide bonds. The third-order valence-electron chi connectivity index (χ3n) is 3.36. The number of H-pyrrole nitrogens is 1. The Morgan fingerprint density at radius 2 is 1.91 bits per heavy atom. The number of halogens is 2. The fourth-order valence-corrected chi connectivity index (χ4v) is 2.28. The summed E-state index contributed by atoms with van der Waals surface area (Å²) in [5, 5.41) is 0. The maximum absolute atomic E-state index is 13.5. The molecule has 0 saturated carbocycles. The number of carbonyl (C=O) groups excluding carboxylic acids is 2. The first-order chi connectivity index (χ1) is 10.8. The molecule has 122 valence electrons. The van der Waals surface area contributed by atoms with E-state index in [2.05, 4.69) is 9.72 Å². The number of Topliss-reactive ketones (excluding diaryl/α,β-unsaturated/α-hetero) is 1. The van der Waals surface area contributed by atoms with Crippen LogP contribution in [0.2, 0.25) is 0 Å². The fourth-order valence-electron chi connectivity index (χ4n) is 2.28. The van der Waals surface area contributed by atoms with Gasteiger partial charge >= 0.3 is 5.97 Å². The number of esters is 1. The van der Waals surface area contributed by atoms with Gasteiger partial charge in [-0.2, -0.15) is 0 Å². The lowest BCUT2D eigenvalue weighted by Crippen LogP contribution is -2.14. The summed E-state index contributed by atoms with van der Waals surface area (Å²) in [6.07, 6.45) is 0. The Balaban J connectivity index is 2.18. The van der Waals surface area contributed by atoms with Gasteiger partial charge in [0.1, 0.15) is 11.5 Å². The molecule has 0 unspecified atom stereocenters. The first-order valence-corrected chi connectivity index (χ1v) is 6.73. The average molecular weight is 323 g/mol. The molecular weight excluding hydrogens is 308 g/mol. The molecule has 0 radical (unpaired) electrons. The molecule has 2 aromatic rings. The molecule has 0 spiro atoms. The highest BCUT2D eigenvalue weighted by Crippen LogP contribution is 2.21. The Labute approximate surface area is 131 Å². The Kier molecular flexibility index (Phi) is 4.78. The van der Waals surface area contributed by atoms with Crippen LogP contribution in [0.1, 0.15) is 32.1 Å². The molecule has 0 aliphatic carbocycles. The van der Waals surface area contributed by atoms with Gasteiger partial charge in [0.25, 0.3) is 0 Å². The van der Waals surface area contributed by atoms with Crippen LogP contribution in [-0.4, -0.2) is 30.5 Å². The number of carbonyl (C=O) groups is 2. The molecule has 0 fully saturated rings. The highest BCUT2D eigenvalue weighted by Gasteiger charge is 2.22. The van der Waals surface area contributed by atoms with Crippen molar-refractivity contribution >= 4 is 11.8 Å². The van der Waals surface area contributed by atoms with Crippen molar-refractivity contribution in [1.82, 2.24) is 4.98 Å². The van der Waals surface area contributed by atoms with Crippen molar-refractivity contribution in [3.8, 4) is 5.75 Å². The van der Waals surface area contributed by atoms with Crippen molar-refractivity contribution in [1.29, 1.82) is 0 Å². The minimum Gasteiger partial charge on any atom is -0.482 e. The lowest BCUT2D eigenvalue weighted by Gasteiger charge is -2.07. The van der Waals surface area contributed by atoms with Gasteiger partial charge in [0.15, 0.2) is 18.2 Å². The number of ether oxygens (including phenoxy) is 2. The SMILES string of the molecule is COC(=O)c1[nH]c(C)c(C(=O)COc2ccc(F)cc2F)c1C. The van der Waals surface area contributed by atoms with Crippen LogP contribution in [0, 0.1) is 25.5 Å². The number of rotatable bonds is 5. The lowest BCUT2D eigenvalue weighted by atomic mass is 10.1. The molecule has 1 heterocycles. The molecule has 0 atom stereocenters. The van der Waals surface area contributed by atoms with Gasteiger partial charge in [-0.3, -0.25) is 4.79 Å². The van der Waals surface area contributed by atoms with Gasteiger partial charge in [0, 0.05) is 17.3 Å². The van der Waals surface area contributed by atoms with Crippen molar-refractivity contribution in [3.05, 3.63) is 52.3 Å². The first kappa shape index (κ1) is 16.7. The molecule has 0 saturated heterocycles. The standard InChI is InChI=1S/C16H15F2NO4/c1-8-14(9(2)19-15(8)16(21)22-3)12(20)7-23-13-5-4-10(17)6-11(13)18/h4-6,19H,7H2,1-3H3. The summed E-state index contributed by atoms with van der Waals surface area (Å²) in [7, 11) is 1.24. The number of nitrogens with one attached hydrogen (secondary N) is 1. The van der Waals surface area contributed by atoms with E-state index in [1.165, 1.54) is 7.11 Å². The van der Waals surface area contributed by atoms with Gasteiger partial charge in [-0.05, 0) is 31.5 Å². The van der Waals surface area contributed by atoms with E-state index in [0.29, 0.717) is 17.3 Å². The minimum absolute atomic E-state index is 0.182. The van der Waals surface area contributed by atoms with Crippen LogP contribution in [-0.2, 0) is 4.74 Å². The van der Waals surface area contributed by atoms with Gasteiger partial charge in [-0.1, -0.05) is 0 Å². The van der Waals surface area contributed by atoms with Crippen molar-refractivity contribution in [2.24, 2.45) is 0 Å². The van der Waals surface area contributed by atoms with Crippen LogP contribution in [0.4, 0.5) is 8.78 Å². The number of benzene rings is 1. The van der Waals surface area contributed by atoms with Gasteiger partial charge < -0.3 is 14.5 Å². The fraction of sp³-hybridized carbons (Fsp3) is 0.250. The molecule has 23 heavy (non-hydrogen) atoms. The number of methoxy groups -OCH3 is 1. The molecule has 7 heteroatoms. The van der Waals surface area contributed by atoms with E-state index in [0.717, 1.165) is 12.1 Å². The maximum atomic E-state index is 13.5. The zero-order chi connectivity index (χ0) is 17.1. The van der Waals surface area contributed by atoms with E-state index in [1.54, 1.807) is 13.8 Å². The lowest BCUT2D eigenvalue weighted by molar-refractivity contribution is 0.0594. The summed E-state index contributed by atoms with van der Waals surface area (Å²) < 4.78 is 36.0. The number of hydrogen-bond acceptors (Lipinski definition) is 4. The van der Waals surface area contributed by atoms with Gasteiger partial charge in [0.2, 0.25) is 5.78 Å². The Morgan fingerprint density at radius 3 is 2.52 bits per heavy atom. The quantitative estimate of drug-likeness (QED) is 0.678. The van der Waals surface area contributed by atoms with E-state index >= 15 is 0 Å². The summed E-state index contributed by atoms with van der Waals surface area (Å²) in [5.74, 6) is -2.87. The van der Waals surface area contributed by atoms with E-state index < -0.39 is 30.0 Å². The summed E-state index contributed by atoms with van der Waals surface area (Å²) in [4.78, 5) is 26.7. The molecule has 1 aromatic heterocycles. The Bertz CT molecular complexity index is 768. The Hall–Kier alpha value is -2.70. The second kappa shape index (κ2) is 6.60. The third-order valence-corrected chi connectivity index (χ3v) is 3.36. The Morgan fingerprint density at radius 1 is 1.22 bits per heavy atom. The molecule has 1 N–H and O–H groups in total. The molecule has 1 aromatic carbocycles. The number of aromatic amines is 1. The second-order valence-electron chi connectivity index (χ2n) is 4.90. The summed E-state index contributed by atoms with van der Waals surface area (Å²) in [6.45, 7) is 2.79. The zero-order valence-corrected chi connectivity index (χ0v) is 12.8. The predicted octanol–water partition coefficient (Wildman–Crippen LogP) is 2.96. The highest BCUT2D eigenvalue weighted by atomic mass is 19.1. The van der Waals surface area contributed by atoms with Crippen molar-refractivity contribution in [2.45, 2.75) is 13.8 Å². The van der Waals surface area contributed by atoms with Crippen LogP contribution in [0.5, 0.6) is 5.75 Å². The first-order valence-electron chi connectivity index (χ1n) is 6.73. The van der Waals surface area contributed by atoms with E-state index in [1.807, 2.05) is 0 Å².